The fourth-order valence-electron chi connectivity index (χ4n) is 1.52. The van der Waals surface area contributed by atoms with Crippen molar-refractivity contribution in [2.75, 3.05) is 31.8 Å². The summed E-state index contributed by atoms with van der Waals surface area (Å²) >= 11 is 0. The number of nitrogens with zero attached hydrogens (tertiary/aromatic N) is 1. The van der Waals surface area contributed by atoms with Crippen molar-refractivity contribution in [3.8, 4) is 0 Å². The first kappa shape index (κ1) is 16.9. The highest BCUT2D eigenvalue weighted by Crippen LogP contribution is 2.25. The SMILES string of the molecule is COC(=O)c1ccc([N+](=O)[O-])c(NCCNS(C)(=O)=O)c1. The van der Waals surface area contributed by atoms with Crippen molar-refractivity contribution in [3.05, 3.63) is 33.9 Å². The number of nitro groups is 1. The second-order valence-corrected chi connectivity index (χ2v) is 5.91. The van der Waals surface area contributed by atoms with Gasteiger partial charge in [-0.05, 0) is 12.1 Å². The summed E-state index contributed by atoms with van der Waals surface area (Å²) in [5.74, 6) is -0.623. The number of esters is 1. The third kappa shape index (κ3) is 5.36. The Labute approximate surface area is 121 Å². The van der Waals surface area contributed by atoms with Gasteiger partial charge in [-0.3, -0.25) is 10.1 Å². The molecule has 21 heavy (non-hydrogen) atoms. The lowest BCUT2D eigenvalue weighted by Crippen LogP contribution is -2.27. The van der Waals surface area contributed by atoms with E-state index in [1.165, 1.54) is 25.3 Å². The maximum Gasteiger partial charge on any atom is 0.337 e. The van der Waals surface area contributed by atoms with E-state index >= 15 is 0 Å². The molecule has 0 atom stereocenters. The minimum atomic E-state index is -3.33. The molecule has 2 N–H and O–H groups in total. The molecule has 0 spiro atoms. The minimum Gasteiger partial charge on any atom is -0.465 e. The number of carbonyl (C=O) groups is 1. The first-order valence-corrected chi connectivity index (χ1v) is 7.69. The van der Waals surface area contributed by atoms with Crippen LogP contribution >= 0.6 is 0 Å². The van der Waals surface area contributed by atoms with E-state index in [-0.39, 0.29) is 30.0 Å². The molecule has 1 aromatic carbocycles. The molecule has 0 bridgehead atoms. The van der Waals surface area contributed by atoms with Crippen LogP contribution in [0.4, 0.5) is 11.4 Å². The van der Waals surface area contributed by atoms with E-state index in [4.69, 9.17) is 0 Å². The summed E-state index contributed by atoms with van der Waals surface area (Å²) in [4.78, 5) is 21.7. The number of hydrogen-bond acceptors (Lipinski definition) is 7. The van der Waals surface area contributed by atoms with Gasteiger partial charge in [0.15, 0.2) is 0 Å². The van der Waals surface area contributed by atoms with Crippen molar-refractivity contribution in [1.29, 1.82) is 0 Å². The molecule has 0 amide bonds. The normalized spacial score (nSPS) is 11.0. The fraction of sp³-hybridized carbons (Fsp3) is 0.364. The van der Waals surface area contributed by atoms with Gasteiger partial charge in [0.2, 0.25) is 10.0 Å². The Hall–Kier alpha value is -2.20. The van der Waals surface area contributed by atoms with Gasteiger partial charge < -0.3 is 10.1 Å². The molecule has 9 nitrogen and oxygen atoms in total. The van der Waals surface area contributed by atoms with E-state index in [9.17, 15) is 23.3 Å². The smallest absolute Gasteiger partial charge is 0.337 e. The van der Waals surface area contributed by atoms with Crippen molar-refractivity contribution in [3.63, 3.8) is 0 Å². The molecule has 1 aromatic rings. The maximum absolute atomic E-state index is 11.4. The van der Waals surface area contributed by atoms with Crippen LogP contribution in [0.15, 0.2) is 18.2 Å². The molecule has 0 fully saturated rings. The molecule has 0 saturated heterocycles. The van der Waals surface area contributed by atoms with E-state index in [1.54, 1.807) is 0 Å². The molecule has 0 aliphatic carbocycles. The van der Waals surface area contributed by atoms with Crippen LogP contribution in [0.25, 0.3) is 0 Å². The number of methoxy groups -OCH3 is 1. The minimum absolute atomic E-state index is 0.0540. The van der Waals surface area contributed by atoms with Gasteiger partial charge in [-0.15, -0.1) is 0 Å². The van der Waals surface area contributed by atoms with Gasteiger partial charge in [-0.2, -0.15) is 0 Å². The van der Waals surface area contributed by atoms with Gasteiger partial charge >= 0.3 is 5.97 Å². The van der Waals surface area contributed by atoms with Crippen molar-refractivity contribution in [2.24, 2.45) is 0 Å². The van der Waals surface area contributed by atoms with Crippen molar-refractivity contribution >= 4 is 27.4 Å². The highest BCUT2D eigenvalue weighted by molar-refractivity contribution is 7.88. The Morgan fingerprint density at radius 2 is 2.05 bits per heavy atom. The molecule has 0 saturated carbocycles. The van der Waals surface area contributed by atoms with Crippen LogP contribution in [0, 0.1) is 10.1 Å². The summed E-state index contributed by atoms with van der Waals surface area (Å²) in [5.41, 5.74) is 0.0434. The standard InChI is InChI=1S/C11H15N3O6S/c1-20-11(15)8-3-4-10(14(16)17)9(7-8)12-5-6-13-21(2,18)19/h3-4,7,12-13H,5-6H2,1-2H3. The number of nitro benzene ring substituents is 1. The van der Waals surface area contributed by atoms with E-state index in [1.807, 2.05) is 0 Å². The van der Waals surface area contributed by atoms with Crippen LogP contribution in [0.1, 0.15) is 10.4 Å². The Balaban J connectivity index is 2.86. The maximum atomic E-state index is 11.4. The number of rotatable bonds is 7. The molecule has 0 aliphatic heterocycles. The number of carbonyl (C=O) groups excluding carboxylic acids is 1. The number of hydrogen-bond donors (Lipinski definition) is 2. The van der Waals surface area contributed by atoms with Gasteiger partial charge in [0, 0.05) is 19.2 Å². The van der Waals surface area contributed by atoms with Gasteiger partial charge in [-0.1, -0.05) is 0 Å². The van der Waals surface area contributed by atoms with Gasteiger partial charge in [0.25, 0.3) is 5.69 Å². The van der Waals surface area contributed by atoms with Crippen molar-refractivity contribution in [1.82, 2.24) is 4.72 Å². The number of ether oxygens (including phenoxy) is 1. The van der Waals surface area contributed by atoms with Crippen LogP contribution in [0.2, 0.25) is 0 Å². The summed E-state index contributed by atoms with van der Waals surface area (Å²) in [5, 5.41) is 13.6. The number of sulfonamides is 1. The fourth-order valence-corrected chi connectivity index (χ4v) is 1.99. The van der Waals surface area contributed by atoms with Crippen LogP contribution < -0.4 is 10.0 Å². The third-order valence-electron chi connectivity index (χ3n) is 2.42. The lowest BCUT2D eigenvalue weighted by atomic mass is 10.1. The molecule has 0 aromatic heterocycles. The molecule has 116 valence electrons. The molecule has 0 radical (unpaired) electrons. The molecule has 1 rings (SSSR count). The van der Waals surface area contributed by atoms with Gasteiger partial charge in [0.05, 0.1) is 23.9 Å². The largest absolute Gasteiger partial charge is 0.465 e. The third-order valence-corrected chi connectivity index (χ3v) is 3.15. The Morgan fingerprint density at radius 1 is 1.38 bits per heavy atom. The van der Waals surface area contributed by atoms with Crippen LogP contribution in [-0.4, -0.2) is 45.8 Å². The summed E-state index contributed by atoms with van der Waals surface area (Å²) in [7, 11) is -2.13. The average Bonchev–Trinajstić information content (AvgIpc) is 2.41. The quantitative estimate of drug-likeness (QED) is 0.321. The van der Waals surface area contributed by atoms with Gasteiger partial charge in [-0.25, -0.2) is 17.9 Å². The summed E-state index contributed by atoms with van der Waals surface area (Å²) < 4.78 is 28.6. The molecule has 0 unspecified atom stereocenters. The molecular weight excluding hydrogens is 302 g/mol. The highest BCUT2D eigenvalue weighted by atomic mass is 32.2. The van der Waals surface area contributed by atoms with E-state index in [0.717, 1.165) is 6.26 Å². The van der Waals surface area contributed by atoms with E-state index in [0.29, 0.717) is 0 Å². The molecule has 0 aliphatic rings. The predicted octanol–water partition coefficient (Wildman–Crippen LogP) is 0.342. The average molecular weight is 317 g/mol. The molecule has 0 heterocycles. The van der Waals surface area contributed by atoms with Crippen LogP contribution in [-0.2, 0) is 14.8 Å². The number of benzene rings is 1. The van der Waals surface area contributed by atoms with Gasteiger partial charge in [0.1, 0.15) is 5.69 Å². The van der Waals surface area contributed by atoms with Crippen molar-refractivity contribution in [2.45, 2.75) is 0 Å². The number of anilines is 1. The Kier molecular flexibility index (Phi) is 5.61. The zero-order chi connectivity index (χ0) is 16.0. The summed E-state index contributed by atoms with van der Waals surface area (Å²) in [6.45, 7) is 0.178. The zero-order valence-corrected chi connectivity index (χ0v) is 12.3. The molecular formula is C11H15N3O6S. The van der Waals surface area contributed by atoms with Crippen molar-refractivity contribution < 1.29 is 22.9 Å². The predicted molar refractivity (Wildman–Crippen MR) is 75.8 cm³/mol. The second kappa shape index (κ2) is 6.99. The topological polar surface area (TPSA) is 128 Å². The lowest BCUT2D eigenvalue weighted by molar-refractivity contribution is -0.384. The highest BCUT2D eigenvalue weighted by Gasteiger charge is 2.16. The molecule has 10 heteroatoms. The second-order valence-electron chi connectivity index (χ2n) is 4.07. The Morgan fingerprint density at radius 3 is 2.57 bits per heavy atom. The lowest BCUT2D eigenvalue weighted by Gasteiger charge is -2.09. The summed E-state index contributed by atoms with van der Waals surface area (Å²) in [6.07, 6.45) is 1.01. The summed E-state index contributed by atoms with van der Waals surface area (Å²) in [6, 6.07) is 3.74. The van der Waals surface area contributed by atoms with E-state index < -0.39 is 20.9 Å². The van der Waals surface area contributed by atoms with E-state index in [2.05, 4.69) is 14.8 Å². The monoisotopic (exact) mass is 317 g/mol. The van der Waals surface area contributed by atoms with Crippen LogP contribution in [0.3, 0.4) is 0 Å². The zero-order valence-electron chi connectivity index (χ0n) is 11.5. The Bertz CT molecular complexity index is 643. The first-order chi connectivity index (χ1) is 9.74. The first-order valence-electron chi connectivity index (χ1n) is 5.80. The van der Waals surface area contributed by atoms with Crippen LogP contribution in [0.5, 0.6) is 0 Å². The number of nitrogens with one attached hydrogen (secondary N) is 2.